The van der Waals surface area contributed by atoms with Crippen LogP contribution in [0.1, 0.15) is 19.8 Å². The highest BCUT2D eigenvalue weighted by Gasteiger charge is 2.22. The van der Waals surface area contributed by atoms with Crippen molar-refractivity contribution < 1.29 is 4.79 Å². The second-order valence-corrected chi connectivity index (χ2v) is 3.43. The standard InChI is InChI=1S/C10H17N3O/c1-3-8(2)13-12-7-5-9-4-6-11-10(9)14/h3,9,12H,1,4-7H2,2H3,(H,11,14)/b13-8+. The van der Waals surface area contributed by atoms with Gasteiger partial charge in [0.1, 0.15) is 0 Å². The average molecular weight is 195 g/mol. The Labute approximate surface area is 84.5 Å². The molecule has 4 heteroatoms. The first-order valence-corrected chi connectivity index (χ1v) is 4.91. The van der Waals surface area contributed by atoms with E-state index in [1.165, 1.54) is 0 Å². The molecule has 1 saturated heterocycles. The van der Waals surface area contributed by atoms with Gasteiger partial charge in [0.05, 0.1) is 5.71 Å². The van der Waals surface area contributed by atoms with Crippen molar-refractivity contribution in [1.29, 1.82) is 0 Å². The molecule has 0 bridgehead atoms. The fraction of sp³-hybridized carbons (Fsp3) is 0.600. The van der Waals surface area contributed by atoms with Gasteiger partial charge in [-0.3, -0.25) is 4.79 Å². The molecule has 2 N–H and O–H groups in total. The first-order valence-electron chi connectivity index (χ1n) is 4.91. The largest absolute Gasteiger partial charge is 0.356 e. The van der Waals surface area contributed by atoms with Gasteiger partial charge in [0.2, 0.25) is 5.91 Å². The number of allylic oxidation sites excluding steroid dienone is 1. The summed E-state index contributed by atoms with van der Waals surface area (Å²) < 4.78 is 0. The Hall–Kier alpha value is -1.32. The second-order valence-electron chi connectivity index (χ2n) is 3.43. The van der Waals surface area contributed by atoms with E-state index in [1.807, 2.05) is 6.92 Å². The molecule has 1 amide bonds. The summed E-state index contributed by atoms with van der Waals surface area (Å²) in [7, 11) is 0. The monoisotopic (exact) mass is 195 g/mol. The van der Waals surface area contributed by atoms with E-state index in [0.717, 1.165) is 31.6 Å². The van der Waals surface area contributed by atoms with E-state index < -0.39 is 0 Å². The number of nitrogens with zero attached hydrogens (tertiary/aromatic N) is 1. The van der Waals surface area contributed by atoms with Crippen LogP contribution in [0.3, 0.4) is 0 Å². The van der Waals surface area contributed by atoms with Gasteiger partial charge in [0.15, 0.2) is 0 Å². The van der Waals surface area contributed by atoms with Crippen molar-refractivity contribution >= 4 is 11.6 Å². The molecule has 1 aliphatic rings. The number of rotatable bonds is 5. The SMILES string of the molecule is C=C/C(C)=N/NCCC1CCNC1=O. The predicted molar refractivity (Wildman–Crippen MR) is 57.0 cm³/mol. The van der Waals surface area contributed by atoms with Crippen LogP contribution in [0.15, 0.2) is 17.8 Å². The van der Waals surface area contributed by atoms with Crippen molar-refractivity contribution in [3.05, 3.63) is 12.7 Å². The zero-order valence-corrected chi connectivity index (χ0v) is 8.55. The average Bonchev–Trinajstić information content (AvgIpc) is 2.58. The molecule has 4 nitrogen and oxygen atoms in total. The number of nitrogens with one attached hydrogen (secondary N) is 2. The van der Waals surface area contributed by atoms with Crippen LogP contribution in [-0.4, -0.2) is 24.7 Å². The molecule has 1 atom stereocenters. The summed E-state index contributed by atoms with van der Waals surface area (Å²) in [5.41, 5.74) is 3.78. The summed E-state index contributed by atoms with van der Waals surface area (Å²) >= 11 is 0. The highest BCUT2D eigenvalue weighted by atomic mass is 16.2. The van der Waals surface area contributed by atoms with Crippen LogP contribution in [0, 0.1) is 5.92 Å². The third-order valence-corrected chi connectivity index (χ3v) is 2.32. The Morgan fingerprint density at radius 3 is 3.21 bits per heavy atom. The van der Waals surface area contributed by atoms with E-state index in [4.69, 9.17) is 0 Å². The van der Waals surface area contributed by atoms with Crippen molar-refractivity contribution in [2.24, 2.45) is 11.0 Å². The molecule has 0 aliphatic carbocycles. The lowest BCUT2D eigenvalue weighted by molar-refractivity contribution is -0.122. The summed E-state index contributed by atoms with van der Waals surface area (Å²) in [6.07, 6.45) is 3.49. The molecule has 0 aromatic heterocycles. The lowest BCUT2D eigenvalue weighted by Crippen LogP contribution is -2.22. The normalized spacial score (nSPS) is 21.9. The molecule has 0 saturated carbocycles. The number of carbonyl (C=O) groups excluding carboxylic acids is 1. The van der Waals surface area contributed by atoms with E-state index in [9.17, 15) is 4.79 Å². The van der Waals surface area contributed by atoms with Gasteiger partial charge in [0.25, 0.3) is 0 Å². The Morgan fingerprint density at radius 2 is 2.64 bits per heavy atom. The third kappa shape index (κ3) is 3.20. The quantitative estimate of drug-likeness (QED) is 0.385. The van der Waals surface area contributed by atoms with Gasteiger partial charge in [-0.25, -0.2) is 0 Å². The van der Waals surface area contributed by atoms with E-state index in [2.05, 4.69) is 22.4 Å². The van der Waals surface area contributed by atoms with Crippen molar-refractivity contribution in [3.8, 4) is 0 Å². The topological polar surface area (TPSA) is 53.5 Å². The maximum Gasteiger partial charge on any atom is 0.223 e. The van der Waals surface area contributed by atoms with Gasteiger partial charge in [-0.05, 0) is 25.8 Å². The van der Waals surface area contributed by atoms with Gasteiger partial charge in [0, 0.05) is 19.0 Å². The molecule has 0 aromatic carbocycles. The van der Waals surface area contributed by atoms with Gasteiger partial charge in [-0.2, -0.15) is 5.10 Å². The molecule has 1 heterocycles. The first kappa shape index (κ1) is 10.8. The van der Waals surface area contributed by atoms with Crippen molar-refractivity contribution in [3.63, 3.8) is 0 Å². The maximum atomic E-state index is 11.2. The van der Waals surface area contributed by atoms with Crippen LogP contribution in [0.5, 0.6) is 0 Å². The van der Waals surface area contributed by atoms with E-state index in [1.54, 1.807) is 6.08 Å². The lowest BCUT2D eigenvalue weighted by Gasteiger charge is -2.05. The minimum absolute atomic E-state index is 0.168. The number of hydrogen-bond donors (Lipinski definition) is 2. The Bertz CT molecular complexity index is 248. The minimum atomic E-state index is 0.168. The van der Waals surface area contributed by atoms with E-state index >= 15 is 0 Å². The summed E-state index contributed by atoms with van der Waals surface area (Å²) in [5.74, 6) is 0.345. The Balaban J connectivity index is 2.15. The fourth-order valence-corrected chi connectivity index (χ4v) is 1.39. The zero-order valence-electron chi connectivity index (χ0n) is 8.55. The summed E-state index contributed by atoms with van der Waals surface area (Å²) in [6.45, 7) is 7.03. The molecule has 1 rings (SSSR count). The molecule has 0 radical (unpaired) electrons. The molecular weight excluding hydrogens is 178 g/mol. The van der Waals surface area contributed by atoms with E-state index in [0.29, 0.717) is 0 Å². The lowest BCUT2D eigenvalue weighted by atomic mass is 10.0. The van der Waals surface area contributed by atoms with Gasteiger partial charge in [-0.1, -0.05) is 6.58 Å². The van der Waals surface area contributed by atoms with Crippen molar-refractivity contribution in [2.45, 2.75) is 19.8 Å². The molecule has 78 valence electrons. The van der Waals surface area contributed by atoms with Gasteiger partial charge >= 0.3 is 0 Å². The highest BCUT2D eigenvalue weighted by Crippen LogP contribution is 2.12. The Morgan fingerprint density at radius 1 is 1.86 bits per heavy atom. The van der Waals surface area contributed by atoms with Gasteiger partial charge < -0.3 is 10.7 Å². The number of hydrogen-bond acceptors (Lipinski definition) is 3. The minimum Gasteiger partial charge on any atom is -0.356 e. The third-order valence-electron chi connectivity index (χ3n) is 2.32. The summed E-state index contributed by atoms with van der Waals surface area (Å²) in [5, 5.41) is 6.86. The van der Waals surface area contributed by atoms with Crippen molar-refractivity contribution in [1.82, 2.24) is 10.7 Å². The predicted octanol–water partition coefficient (Wildman–Crippen LogP) is 0.664. The number of hydrazone groups is 1. The number of amides is 1. The van der Waals surface area contributed by atoms with Crippen LogP contribution < -0.4 is 10.7 Å². The molecule has 1 aliphatic heterocycles. The maximum absolute atomic E-state index is 11.2. The second kappa shape index (κ2) is 5.42. The molecule has 0 spiro atoms. The van der Waals surface area contributed by atoms with Crippen molar-refractivity contribution in [2.75, 3.05) is 13.1 Å². The molecule has 1 unspecified atom stereocenters. The number of carbonyl (C=O) groups is 1. The first-order chi connectivity index (χ1) is 6.74. The highest BCUT2D eigenvalue weighted by molar-refractivity contribution is 5.91. The zero-order chi connectivity index (χ0) is 10.4. The van der Waals surface area contributed by atoms with Crippen LogP contribution in [-0.2, 0) is 4.79 Å². The molecule has 0 aromatic rings. The molecule has 14 heavy (non-hydrogen) atoms. The van der Waals surface area contributed by atoms with Crippen LogP contribution in [0.25, 0.3) is 0 Å². The summed E-state index contributed by atoms with van der Waals surface area (Å²) in [6, 6.07) is 0. The van der Waals surface area contributed by atoms with Crippen LogP contribution in [0.2, 0.25) is 0 Å². The van der Waals surface area contributed by atoms with Gasteiger partial charge in [-0.15, -0.1) is 0 Å². The smallest absolute Gasteiger partial charge is 0.223 e. The van der Waals surface area contributed by atoms with Crippen LogP contribution >= 0.6 is 0 Å². The Kier molecular flexibility index (Phi) is 4.16. The fourth-order valence-electron chi connectivity index (χ4n) is 1.39. The molecular formula is C10H17N3O. The van der Waals surface area contributed by atoms with Crippen LogP contribution in [0.4, 0.5) is 0 Å². The summed E-state index contributed by atoms with van der Waals surface area (Å²) in [4.78, 5) is 11.2. The van der Waals surface area contributed by atoms with E-state index in [-0.39, 0.29) is 11.8 Å². The molecule has 1 fully saturated rings.